The molecule has 2 aromatic heterocycles. The van der Waals surface area contributed by atoms with Gasteiger partial charge in [0.1, 0.15) is 29.8 Å². The third-order valence-electron chi connectivity index (χ3n) is 9.56. The van der Waals surface area contributed by atoms with Crippen molar-refractivity contribution in [1.29, 1.82) is 0 Å². The van der Waals surface area contributed by atoms with Crippen molar-refractivity contribution in [3.63, 3.8) is 0 Å². The van der Waals surface area contributed by atoms with Crippen molar-refractivity contribution in [2.24, 2.45) is 0 Å². The molecule has 0 amide bonds. The van der Waals surface area contributed by atoms with Crippen LogP contribution in [0.4, 0.5) is 27.1 Å². The highest BCUT2D eigenvalue weighted by Crippen LogP contribution is 2.46. The summed E-state index contributed by atoms with van der Waals surface area (Å²) in [5.41, 5.74) is 10.0. The summed E-state index contributed by atoms with van der Waals surface area (Å²) in [6, 6.07) is 48.7. The first-order valence-electron chi connectivity index (χ1n) is 16.8. The van der Waals surface area contributed by atoms with E-state index >= 15 is 4.39 Å². The molecule has 0 unspecified atom stereocenters. The van der Waals surface area contributed by atoms with Crippen molar-refractivity contribution in [2.45, 2.75) is 13.8 Å². The standard InChI is InChI=1S/C44H33FN4O/c1-29-21-22-46-44(23-29)49-39-15-7-5-13-36(39)37-20-19-33(27-43(37)49)50-34-25-31(35-12-4-3-11-30(35)2)24-32(26-34)47-28-48(40-16-8-6-14-38(40)45)42-18-10-9-17-41(42)47/h3-27H,28H2,1-2H3. The van der Waals surface area contributed by atoms with Crippen LogP contribution in [0.5, 0.6) is 11.5 Å². The summed E-state index contributed by atoms with van der Waals surface area (Å²) < 4.78 is 24.1. The van der Waals surface area contributed by atoms with E-state index in [1.54, 1.807) is 6.07 Å². The zero-order chi connectivity index (χ0) is 33.8. The monoisotopic (exact) mass is 652 g/mol. The molecule has 6 aromatic carbocycles. The number of ether oxygens (including phenoxy) is 1. The van der Waals surface area contributed by atoms with Crippen LogP contribution in [0.1, 0.15) is 11.1 Å². The minimum absolute atomic E-state index is 0.254. The highest BCUT2D eigenvalue weighted by Gasteiger charge is 2.30. The van der Waals surface area contributed by atoms with Crippen LogP contribution in [0.3, 0.4) is 0 Å². The van der Waals surface area contributed by atoms with E-state index < -0.39 is 0 Å². The van der Waals surface area contributed by atoms with Gasteiger partial charge in [0.25, 0.3) is 0 Å². The van der Waals surface area contributed by atoms with Crippen LogP contribution in [0, 0.1) is 19.7 Å². The van der Waals surface area contributed by atoms with Crippen molar-refractivity contribution >= 4 is 44.6 Å². The lowest BCUT2D eigenvalue weighted by molar-refractivity contribution is 0.483. The lowest BCUT2D eigenvalue weighted by Gasteiger charge is -2.24. The van der Waals surface area contributed by atoms with Gasteiger partial charge in [-0.3, -0.25) is 4.57 Å². The molecule has 0 radical (unpaired) electrons. The maximum absolute atomic E-state index is 15.2. The average Bonchev–Trinajstić information content (AvgIpc) is 3.68. The number of aryl methyl sites for hydroxylation is 2. The molecule has 0 atom stereocenters. The number of halogens is 1. The third-order valence-corrected chi connectivity index (χ3v) is 9.56. The van der Waals surface area contributed by atoms with Gasteiger partial charge in [0, 0.05) is 34.8 Å². The lowest BCUT2D eigenvalue weighted by atomic mass is 9.99. The predicted molar refractivity (Wildman–Crippen MR) is 202 cm³/mol. The van der Waals surface area contributed by atoms with Crippen LogP contribution in [0.2, 0.25) is 0 Å². The molecule has 5 nitrogen and oxygen atoms in total. The van der Waals surface area contributed by atoms with E-state index in [0.717, 1.165) is 67.1 Å². The molecule has 0 aliphatic carbocycles. The first-order chi connectivity index (χ1) is 24.5. The molecule has 1 aliphatic heterocycles. The van der Waals surface area contributed by atoms with Gasteiger partial charge >= 0.3 is 0 Å². The van der Waals surface area contributed by atoms with Gasteiger partial charge in [-0.15, -0.1) is 0 Å². The second-order valence-electron chi connectivity index (χ2n) is 12.8. The van der Waals surface area contributed by atoms with E-state index in [-0.39, 0.29) is 5.82 Å². The molecule has 0 saturated carbocycles. The molecule has 3 heterocycles. The number of para-hydroxylation sites is 4. The van der Waals surface area contributed by atoms with Crippen molar-refractivity contribution in [1.82, 2.24) is 9.55 Å². The smallest absolute Gasteiger partial charge is 0.146 e. The van der Waals surface area contributed by atoms with Gasteiger partial charge in [-0.25, -0.2) is 9.37 Å². The Hall–Kier alpha value is -6.40. The van der Waals surface area contributed by atoms with Crippen molar-refractivity contribution in [3.05, 3.63) is 169 Å². The Morgan fingerprint density at radius 1 is 0.600 bits per heavy atom. The van der Waals surface area contributed by atoms with Gasteiger partial charge in [-0.1, -0.05) is 66.7 Å². The van der Waals surface area contributed by atoms with Crippen LogP contribution < -0.4 is 14.5 Å². The van der Waals surface area contributed by atoms with E-state index in [9.17, 15) is 0 Å². The minimum atomic E-state index is -0.254. The number of benzene rings is 6. The molecule has 0 bridgehead atoms. The number of anilines is 4. The van der Waals surface area contributed by atoms with Gasteiger partial charge in [-0.05, 0) is 103 Å². The average molecular weight is 653 g/mol. The van der Waals surface area contributed by atoms with E-state index in [4.69, 9.17) is 9.72 Å². The zero-order valence-corrected chi connectivity index (χ0v) is 27.7. The van der Waals surface area contributed by atoms with Crippen LogP contribution in [0.15, 0.2) is 152 Å². The second-order valence-corrected chi connectivity index (χ2v) is 12.8. The van der Waals surface area contributed by atoms with Crippen molar-refractivity contribution in [2.75, 3.05) is 16.5 Å². The van der Waals surface area contributed by atoms with Crippen LogP contribution in [-0.2, 0) is 0 Å². The molecule has 1 aliphatic rings. The maximum Gasteiger partial charge on any atom is 0.146 e. The van der Waals surface area contributed by atoms with Crippen molar-refractivity contribution in [3.8, 4) is 28.4 Å². The maximum atomic E-state index is 15.2. The molecule has 6 heteroatoms. The molecule has 8 aromatic rings. The number of aromatic nitrogens is 2. The highest BCUT2D eigenvalue weighted by molar-refractivity contribution is 6.09. The van der Waals surface area contributed by atoms with Gasteiger partial charge < -0.3 is 14.5 Å². The van der Waals surface area contributed by atoms with Gasteiger partial charge in [-0.2, -0.15) is 0 Å². The SMILES string of the molecule is Cc1ccnc(-n2c3ccccc3c3ccc(Oc4cc(-c5ccccc5C)cc(N5CN(c6ccccc6F)c6ccccc65)c4)cc32)c1. The lowest BCUT2D eigenvalue weighted by Crippen LogP contribution is -2.24. The Labute approximate surface area is 290 Å². The minimum Gasteiger partial charge on any atom is -0.457 e. The molecule has 0 fully saturated rings. The first-order valence-corrected chi connectivity index (χ1v) is 16.8. The van der Waals surface area contributed by atoms with Crippen LogP contribution in [-0.4, -0.2) is 16.2 Å². The fourth-order valence-corrected chi connectivity index (χ4v) is 7.20. The summed E-state index contributed by atoms with van der Waals surface area (Å²) in [5, 5.41) is 2.29. The molecular formula is C44H33FN4O. The molecular weight excluding hydrogens is 620 g/mol. The number of rotatable bonds is 6. The van der Waals surface area contributed by atoms with Crippen LogP contribution in [0.25, 0.3) is 38.8 Å². The molecule has 0 spiro atoms. The van der Waals surface area contributed by atoms with E-state index in [0.29, 0.717) is 18.1 Å². The van der Waals surface area contributed by atoms with Gasteiger partial charge in [0.05, 0.1) is 28.1 Å². The molecule has 0 saturated heterocycles. The van der Waals surface area contributed by atoms with Crippen LogP contribution >= 0.6 is 0 Å². The number of fused-ring (bicyclic) bond motifs is 4. The number of nitrogens with zero attached hydrogens (tertiary/aromatic N) is 4. The quantitative estimate of drug-likeness (QED) is 0.179. The third kappa shape index (κ3) is 5.04. The van der Waals surface area contributed by atoms with Gasteiger partial charge in [0.2, 0.25) is 0 Å². The molecule has 242 valence electrons. The summed E-state index contributed by atoms with van der Waals surface area (Å²) in [4.78, 5) is 8.99. The molecule has 9 rings (SSSR count). The summed E-state index contributed by atoms with van der Waals surface area (Å²) in [7, 11) is 0. The predicted octanol–water partition coefficient (Wildman–Crippen LogP) is 11.6. The van der Waals surface area contributed by atoms with E-state index in [1.165, 1.54) is 11.6 Å². The number of hydrogen-bond donors (Lipinski definition) is 0. The van der Waals surface area contributed by atoms with E-state index in [2.05, 4.69) is 114 Å². The number of hydrogen-bond acceptors (Lipinski definition) is 4. The normalized spacial score (nSPS) is 12.5. The zero-order valence-electron chi connectivity index (χ0n) is 27.7. The summed E-state index contributed by atoms with van der Waals surface area (Å²) >= 11 is 0. The fraction of sp³-hybridized carbons (Fsp3) is 0.0682. The Kier molecular flexibility index (Phi) is 7.09. The Morgan fingerprint density at radius 3 is 2.14 bits per heavy atom. The summed E-state index contributed by atoms with van der Waals surface area (Å²) in [6.07, 6.45) is 1.86. The van der Waals surface area contributed by atoms with Gasteiger partial charge in [0.15, 0.2) is 0 Å². The molecule has 0 N–H and O–H groups in total. The van der Waals surface area contributed by atoms with Crippen molar-refractivity contribution < 1.29 is 9.13 Å². The van der Waals surface area contributed by atoms with E-state index in [1.807, 2.05) is 53.6 Å². The summed E-state index contributed by atoms with van der Waals surface area (Å²) in [5.74, 6) is 2.04. The summed E-state index contributed by atoms with van der Waals surface area (Å²) in [6.45, 7) is 4.66. The Morgan fingerprint density at radius 2 is 1.32 bits per heavy atom. The highest BCUT2D eigenvalue weighted by atomic mass is 19.1. The largest absolute Gasteiger partial charge is 0.457 e. The topological polar surface area (TPSA) is 33.5 Å². The molecule has 50 heavy (non-hydrogen) atoms. The first kappa shape index (κ1) is 29.7. The number of pyridine rings is 1. The Balaban J connectivity index is 1.18. The fourth-order valence-electron chi connectivity index (χ4n) is 7.20. The Bertz CT molecular complexity index is 2570. The second kappa shape index (κ2) is 11.9.